The van der Waals surface area contributed by atoms with Crippen molar-refractivity contribution in [3.05, 3.63) is 133 Å². The fourth-order valence-electron chi connectivity index (χ4n) is 7.78. The Labute approximate surface area is 308 Å². The summed E-state index contributed by atoms with van der Waals surface area (Å²) in [5, 5.41) is 0. The minimum absolute atomic E-state index is 0.171. The van der Waals surface area contributed by atoms with Crippen LogP contribution >= 0.6 is 0 Å². The van der Waals surface area contributed by atoms with Crippen molar-refractivity contribution >= 4 is 11.6 Å². The number of hydrogen-bond acceptors (Lipinski definition) is 6. The summed E-state index contributed by atoms with van der Waals surface area (Å²) in [6, 6.07) is 46.4. The molecule has 260 valence electrons. The van der Waals surface area contributed by atoms with Crippen molar-refractivity contribution in [2.45, 2.75) is 77.5 Å². The molecule has 0 amide bonds. The van der Waals surface area contributed by atoms with E-state index in [0.29, 0.717) is 17.5 Å². The van der Waals surface area contributed by atoms with Crippen molar-refractivity contribution in [1.82, 2.24) is 19.9 Å². The average Bonchev–Trinajstić information content (AvgIpc) is 3.44. The van der Waals surface area contributed by atoms with Gasteiger partial charge in [0.1, 0.15) is 0 Å². The smallest absolute Gasteiger partial charge is 0.203 e. The Bertz CT molecular complexity index is 2220. The summed E-state index contributed by atoms with van der Waals surface area (Å²) >= 11 is 0. The largest absolute Gasteiger partial charge is 0.327 e. The molecule has 1 fully saturated rings. The Morgan fingerprint density at radius 1 is 0.385 bits per heavy atom. The third-order valence-electron chi connectivity index (χ3n) is 11.9. The highest BCUT2D eigenvalue weighted by molar-refractivity contribution is 6.03. The van der Waals surface area contributed by atoms with E-state index in [-0.39, 0.29) is 22.2 Å². The van der Waals surface area contributed by atoms with Crippen LogP contribution in [0.4, 0.5) is 5.69 Å². The maximum atomic E-state index is 5.39. The van der Waals surface area contributed by atoms with Gasteiger partial charge in [0, 0.05) is 22.4 Å². The van der Waals surface area contributed by atoms with E-state index in [1.165, 1.54) is 0 Å². The summed E-state index contributed by atoms with van der Waals surface area (Å²) in [6.45, 7) is 18.4. The summed E-state index contributed by atoms with van der Waals surface area (Å²) in [6.07, 6.45) is 0. The second-order valence-corrected chi connectivity index (χ2v) is 16.1. The highest BCUT2D eigenvalue weighted by Crippen LogP contribution is 2.53. The summed E-state index contributed by atoms with van der Waals surface area (Å²) in [5.74, 6) is 2.89. The minimum atomic E-state index is -0.261. The van der Waals surface area contributed by atoms with Crippen molar-refractivity contribution in [2.75, 3.05) is 4.90 Å². The number of hydrogen-bond donors (Lipinski definition) is 0. The number of aliphatic imine (C=N–C) groups is 1. The highest BCUT2D eigenvalue weighted by atomic mass is 15.6. The van der Waals surface area contributed by atoms with Gasteiger partial charge in [-0.2, -0.15) is 0 Å². The summed E-state index contributed by atoms with van der Waals surface area (Å²) in [5.41, 5.74) is 7.49. The molecule has 0 aliphatic carbocycles. The molecule has 0 bridgehead atoms. The van der Waals surface area contributed by atoms with Gasteiger partial charge >= 0.3 is 0 Å². The average molecular weight is 683 g/mol. The van der Waals surface area contributed by atoms with E-state index in [1.54, 1.807) is 0 Å². The predicted molar refractivity (Wildman–Crippen MR) is 215 cm³/mol. The van der Waals surface area contributed by atoms with Crippen molar-refractivity contribution in [1.29, 1.82) is 0 Å². The van der Waals surface area contributed by atoms with Crippen molar-refractivity contribution in [3.63, 3.8) is 0 Å². The van der Waals surface area contributed by atoms with Gasteiger partial charge < -0.3 is 9.80 Å². The van der Waals surface area contributed by atoms with E-state index in [1.807, 2.05) is 12.1 Å². The van der Waals surface area contributed by atoms with E-state index in [0.717, 1.165) is 50.6 Å². The van der Waals surface area contributed by atoms with Gasteiger partial charge in [0.15, 0.2) is 17.5 Å². The van der Waals surface area contributed by atoms with Crippen LogP contribution in [0.1, 0.15) is 55.4 Å². The zero-order valence-electron chi connectivity index (χ0n) is 31.4. The number of nitrogens with zero attached hydrogens (tertiary/aromatic N) is 6. The monoisotopic (exact) mass is 682 g/mol. The molecule has 5 aromatic carbocycles. The molecule has 0 atom stereocenters. The van der Waals surface area contributed by atoms with Crippen LogP contribution in [-0.2, 0) is 0 Å². The van der Waals surface area contributed by atoms with Gasteiger partial charge in [-0.05, 0) is 102 Å². The summed E-state index contributed by atoms with van der Waals surface area (Å²) < 4.78 is 0. The molecule has 0 radical (unpaired) electrons. The fraction of sp³-hybridized carbons (Fsp3) is 0.261. The standard InChI is InChI=1S/C46H46N6/c1-43(2)44(3,4)52-42(50-43)51(45(5,6)46(52,7)8)38-27-17-26-37(30-38)41-48-39(35-24-15-22-33(28-35)31-18-11-9-12-19-31)47-40(49-41)36-25-16-23-34(29-36)32-20-13-10-14-21-32/h9-30H,1-8H3. The lowest BCUT2D eigenvalue weighted by atomic mass is 9.76. The van der Waals surface area contributed by atoms with Gasteiger partial charge in [0.25, 0.3) is 0 Å². The molecule has 52 heavy (non-hydrogen) atoms. The number of aromatic nitrogens is 3. The number of anilines is 1. The van der Waals surface area contributed by atoms with Crippen LogP contribution in [0.2, 0.25) is 0 Å². The Balaban J connectivity index is 1.28. The van der Waals surface area contributed by atoms with E-state index < -0.39 is 0 Å². The van der Waals surface area contributed by atoms with E-state index in [9.17, 15) is 0 Å². The lowest BCUT2D eigenvalue weighted by Crippen LogP contribution is -2.62. The van der Waals surface area contributed by atoms with Crippen LogP contribution in [0.3, 0.4) is 0 Å². The quantitative estimate of drug-likeness (QED) is 0.175. The zero-order chi connectivity index (χ0) is 36.5. The molecular formula is C46H46N6. The van der Waals surface area contributed by atoms with E-state index in [4.69, 9.17) is 19.9 Å². The van der Waals surface area contributed by atoms with Crippen LogP contribution in [0, 0.1) is 0 Å². The second kappa shape index (κ2) is 12.0. The molecule has 0 unspecified atom stereocenters. The first-order chi connectivity index (χ1) is 24.8. The summed E-state index contributed by atoms with van der Waals surface area (Å²) in [4.78, 5) is 25.8. The molecule has 2 aliphatic heterocycles. The van der Waals surface area contributed by atoms with Gasteiger partial charge in [-0.25, -0.2) is 19.9 Å². The first kappa shape index (κ1) is 33.5. The van der Waals surface area contributed by atoms with Crippen LogP contribution in [0.5, 0.6) is 0 Å². The van der Waals surface area contributed by atoms with Gasteiger partial charge in [-0.3, -0.25) is 0 Å². The molecular weight excluding hydrogens is 637 g/mol. The van der Waals surface area contributed by atoms with Crippen LogP contribution in [-0.4, -0.2) is 48.0 Å². The zero-order valence-corrected chi connectivity index (χ0v) is 31.4. The second-order valence-electron chi connectivity index (χ2n) is 16.1. The molecule has 0 spiro atoms. The predicted octanol–water partition coefficient (Wildman–Crippen LogP) is 10.8. The third kappa shape index (κ3) is 5.31. The van der Waals surface area contributed by atoms with Crippen molar-refractivity contribution in [2.24, 2.45) is 4.99 Å². The van der Waals surface area contributed by atoms with Gasteiger partial charge in [-0.1, -0.05) is 109 Å². The molecule has 6 heteroatoms. The maximum absolute atomic E-state index is 5.39. The van der Waals surface area contributed by atoms with E-state index in [2.05, 4.69) is 187 Å². The number of benzene rings is 5. The van der Waals surface area contributed by atoms with Crippen LogP contribution < -0.4 is 4.90 Å². The first-order valence-corrected chi connectivity index (χ1v) is 18.2. The van der Waals surface area contributed by atoms with Gasteiger partial charge in [-0.15, -0.1) is 0 Å². The van der Waals surface area contributed by atoms with Crippen molar-refractivity contribution < 1.29 is 0 Å². The fourth-order valence-corrected chi connectivity index (χ4v) is 7.78. The molecule has 1 saturated heterocycles. The molecule has 1 aromatic heterocycles. The van der Waals surface area contributed by atoms with Crippen molar-refractivity contribution in [3.8, 4) is 56.4 Å². The first-order valence-electron chi connectivity index (χ1n) is 18.2. The number of guanidine groups is 1. The Morgan fingerprint density at radius 3 is 1.27 bits per heavy atom. The molecule has 0 saturated carbocycles. The molecule has 0 N–H and O–H groups in total. The molecule has 6 nitrogen and oxygen atoms in total. The number of rotatable bonds is 6. The normalized spacial score (nSPS) is 17.9. The SMILES string of the molecule is CC1(C)N=C2N(c3cccc(-c4nc(-c5cccc(-c6ccccc6)c5)nc(-c5cccc(-c6ccccc6)c5)n4)c3)C(C)(C)C(C)(C)N2C1(C)C. The lowest BCUT2D eigenvalue weighted by molar-refractivity contribution is 0.0529. The number of fused-ring (bicyclic) bond motifs is 1. The maximum Gasteiger partial charge on any atom is 0.203 e. The van der Waals surface area contributed by atoms with E-state index >= 15 is 0 Å². The molecule has 2 aliphatic rings. The van der Waals surface area contributed by atoms with Gasteiger partial charge in [0.05, 0.1) is 22.2 Å². The third-order valence-corrected chi connectivity index (χ3v) is 11.9. The lowest BCUT2D eigenvalue weighted by Gasteiger charge is -2.50. The minimum Gasteiger partial charge on any atom is -0.327 e. The Kier molecular flexibility index (Phi) is 7.72. The Morgan fingerprint density at radius 2 is 0.788 bits per heavy atom. The highest BCUT2D eigenvalue weighted by Gasteiger charge is 2.65. The Hall–Kier alpha value is -5.62. The topological polar surface area (TPSA) is 57.5 Å². The molecule has 8 rings (SSSR count). The van der Waals surface area contributed by atoms with Crippen LogP contribution in [0.15, 0.2) is 138 Å². The summed E-state index contributed by atoms with van der Waals surface area (Å²) in [7, 11) is 0. The van der Waals surface area contributed by atoms with Crippen LogP contribution in [0.25, 0.3) is 56.4 Å². The molecule has 3 heterocycles. The molecule has 6 aromatic rings. The van der Waals surface area contributed by atoms with Gasteiger partial charge in [0.2, 0.25) is 5.96 Å².